The topological polar surface area (TPSA) is 76.9 Å². The molecular weight excluding hydrogens is 268 g/mol. The number of Topliss-reactive ketones (excluding diaryl/α,β-unsaturated/α-hetero) is 1. The summed E-state index contributed by atoms with van der Waals surface area (Å²) >= 11 is 0. The molecule has 1 fully saturated rings. The predicted molar refractivity (Wildman–Crippen MR) is 75.1 cm³/mol. The summed E-state index contributed by atoms with van der Waals surface area (Å²) in [6.45, 7) is 1.13. The van der Waals surface area contributed by atoms with E-state index in [2.05, 4.69) is 15.4 Å². The third-order valence-electron chi connectivity index (χ3n) is 3.59. The molecule has 0 spiro atoms. The van der Waals surface area contributed by atoms with Gasteiger partial charge in [0.25, 0.3) is 0 Å². The molecule has 0 unspecified atom stereocenters. The highest BCUT2D eigenvalue weighted by Gasteiger charge is 2.32. The molecule has 6 nitrogen and oxygen atoms in total. The Morgan fingerprint density at radius 2 is 2.14 bits per heavy atom. The van der Waals surface area contributed by atoms with Gasteiger partial charge in [-0.1, -0.05) is 24.3 Å². The first-order valence-electron chi connectivity index (χ1n) is 6.90. The zero-order chi connectivity index (χ0) is 14.7. The van der Waals surface area contributed by atoms with Crippen molar-refractivity contribution in [3.05, 3.63) is 48.0 Å². The van der Waals surface area contributed by atoms with E-state index in [1.165, 1.54) is 6.33 Å². The van der Waals surface area contributed by atoms with Crippen molar-refractivity contribution in [3.8, 4) is 0 Å². The van der Waals surface area contributed by atoms with Crippen molar-refractivity contribution < 1.29 is 9.59 Å². The zero-order valence-electron chi connectivity index (χ0n) is 11.5. The van der Waals surface area contributed by atoms with Crippen molar-refractivity contribution in [2.24, 2.45) is 5.92 Å². The lowest BCUT2D eigenvalue weighted by atomic mass is 9.83. The summed E-state index contributed by atoms with van der Waals surface area (Å²) in [7, 11) is 0. The molecule has 3 rings (SSSR count). The van der Waals surface area contributed by atoms with E-state index in [1.54, 1.807) is 11.0 Å². The van der Waals surface area contributed by atoms with Crippen molar-refractivity contribution in [2.45, 2.75) is 25.9 Å². The van der Waals surface area contributed by atoms with E-state index in [9.17, 15) is 9.59 Å². The van der Waals surface area contributed by atoms with Gasteiger partial charge in [-0.25, -0.2) is 9.67 Å². The Bertz CT molecular complexity index is 643. The van der Waals surface area contributed by atoms with Gasteiger partial charge in [-0.3, -0.25) is 9.59 Å². The Morgan fingerprint density at radius 1 is 1.33 bits per heavy atom. The second-order valence-corrected chi connectivity index (χ2v) is 5.27. The minimum Gasteiger partial charge on any atom is -0.352 e. The minimum atomic E-state index is -0.129. The van der Waals surface area contributed by atoms with Crippen LogP contribution in [0, 0.1) is 5.92 Å². The van der Waals surface area contributed by atoms with Gasteiger partial charge < -0.3 is 5.32 Å². The average Bonchev–Trinajstić information content (AvgIpc) is 2.95. The van der Waals surface area contributed by atoms with E-state index in [0.717, 1.165) is 11.1 Å². The maximum Gasteiger partial charge on any atom is 0.224 e. The first kappa shape index (κ1) is 13.5. The molecular formula is C15H16N4O2. The molecule has 6 heteroatoms. The Balaban J connectivity index is 1.56. The number of nitrogens with zero attached hydrogens (tertiary/aromatic N) is 3. The van der Waals surface area contributed by atoms with E-state index in [1.807, 2.05) is 24.3 Å². The van der Waals surface area contributed by atoms with Crippen molar-refractivity contribution in [1.29, 1.82) is 0 Å². The highest BCUT2D eigenvalue weighted by Crippen LogP contribution is 2.22. The van der Waals surface area contributed by atoms with Crippen molar-refractivity contribution in [1.82, 2.24) is 20.1 Å². The molecule has 1 amide bonds. The molecule has 1 saturated carbocycles. The highest BCUT2D eigenvalue weighted by molar-refractivity contribution is 5.96. The molecule has 0 atom stereocenters. The standard InChI is InChI=1S/C15H16N4O2/c20-14-5-13(6-14)15(21)17-7-11-2-1-3-12(4-11)8-19-10-16-9-18-19/h1-4,9-10,13H,5-8H2,(H,17,21). The van der Waals surface area contributed by atoms with Crippen LogP contribution in [0.5, 0.6) is 0 Å². The number of carbonyl (C=O) groups excluding carboxylic acids is 2. The molecule has 1 aromatic carbocycles. The number of benzene rings is 1. The summed E-state index contributed by atoms with van der Waals surface area (Å²) in [6, 6.07) is 7.98. The normalized spacial score (nSPS) is 14.8. The van der Waals surface area contributed by atoms with Crippen LogP contribution >= 0.6 is 0 Å². The smallest absolute Gasteiger partial charge is 0.224 e. The third-order valence-corrected chi connectivity index (χ3v) is 3.59. The van der Waals surface area contributed by atoms with Gasteiger partial charge in [0.05, 0.1) is 12.5 Å². The van der Waals surface area contributed by atoms with Gasteiger partial charge in [0.2, 0.25) is 5.91 Å². The molecule has 21 heavy (non-hydrogen) atoms. The van der Waals surface area contributed by atoms with Gasteiger partial charge in [0.15, 0.2) is 0 Å². The molecule has 0 bridgehead atoms. The second kappa shape index (κ2) is 5.87. The lowest BCUT2D eigenvalue weighted by Gasteiger charge is -2.22. The Labute approximate surface area is 122 Å². The van der Waals surface area contributed by atoms with Crippen LogP contribution in [0.3, 0.4) is 0 Å². The summed E-state index contributed by atoms with van der Waals surface area (Å²) in [5.41, 5.74) is 2.14. The molecule has 108 valence electrons. The van der Waals surface area contributed by atoms with Crippen LogP contribution < -0.4 is 5.32 Å². The fraction of sp³-hybridized carbons (Fsp3) is 0.333. The molecule has 1 heterocycles. The summed E-state index contributed by atoms with van der Waals surface area (Å²) < 4.78 is 1.75. The molecule has 0 aliphatic heterocycles. The first-order valence-corrected chi connectivity index (χ1v) is 6.90. The lowest BCUT2D eigenvalue weighted by Crippen LogP contribution is -2.38. The average molecular weight is 284 g/mol. The molecule has 0 radical (unpaired) electrons. The van der Waals surface area contributed by atoms with E-state index in [0.29, 0.717) is 25.9 Å². The molecule has 1 aromatic heterocycles. The van der Waals surface area contributed by atoms with Crippen LogP contribution in [0.1, 0.15) is 24.0 Å². The van der Waals surface area contributed by atoms with Crippen molar-refractivity contribution in [2.75, 3.05) is 0 Å². The van der Waals surface area contributed by atoms with Gasteiger partial charge in [-0.05, 0) is 11.1 Å². The van der Waals surface area contributed by atoms with Gasteiger partial charge in [0, 0.05) is 19.4 Å². The minimum absolute atomic E-state index is 0.0312. The Hall–Kier alpha value is -2.50. The summed E-state index contributed by atoms with van der Waals surface area (Å²) in [4.78, 5) is 26.6. The summed E-state index contributed by atoms with van der Waals surface area (Å²) in [6.07, 6.45) is 3.95. The van der Waals surface area contributed by atoms with Crippen LogP contribution in [-0.4, -0.2) is 26.5 Å². The van der Waals surface area contributed by atoms with Crippen LogP contribution in [0.15, 0.2) is 36.9 Å². The van der Waals surface area contributed by atoms with Crippen molar-refractivity contribution in [3.63, 3.8) is 0 Å². The van der Waals surface area contributed by atoms with Crippen molar-refractivity contribution >= 4 is 11.7 Å². The SMILES string of the molecule is O=C1CC(C(=O)NCc2cccc(Cn3cncn3)c2)C1. The predicted octanol–water partition coefficient (Wildman–Crippen LogP) is 0.922. The second-order valence-electron chi connectivity index (χ2n) is 5.27. The van der Waals surface area contributed by atoms with Gasteiger partial charge in [-0.2, -0.15) is 5.10 Å². The van der Waals surface area contributed by atoms with Gasteiger partial charge in [-0.15, -0.1) is 0 Å². The number of carbonyl (C=O) groups is 2. The van der Waals surface area contributed by atoms with E-state index in [4.69, 9.17) is 0 Å². The van der Waals surface area contributed by atoms with Crippen LogP contribution in [0.4, 0.5) is 0 Å². The number of hydrogen-bond acceptors (Lipinski definition) is 4. The number of amides is 1. The third kappa shape index (κ3) is 3.34. The Morgan fingerprint density at radius 3 is 2.86 bits per heavy atom. The number of nitrogens with one attached hydrogen (secondary N) is 1. The largest absolute Gasteiger partial charge is 0.352 e. The van der Waals surface area contributed by atoms with Gasteiger partial charge >= 0.3 is 0 Å². The van der Waals surface area contributed by atoms with Crippen LogP contribution in [-0.2, 0) is 22.7 Å². The van der Waals surface area contributed by atoms with E-state index >= 15 is 0 Å². The van der Waals surface area contributed by atoms with E-state index < -0.39 is 0 Å². The maximum atomic E-state index is 11.8. The molecule has 0 saturated heterocycles. The highest BCUT2D eigenvalue weighted by atomic mass is 16.2. The number of hydrogen-bond donors (Lipinski definition) is 1. The summed E-state index contributed by atoms with van der Waals surface area (Å²) in [5.74, 6) is 0.0112. The van der Waals surface area contributed by atoms with Gasteiger partial charge in [0.1, 0.15) is 18.4 Å². The van der Waals surface area contributed by atoms with E-state index in [-0.39, 0.29) is 17.6 Å². The first-order chi connectivity index (χ1) is 10.2. The number of rotatable bonds is 5. The number of aromatic nitrogens is 3. The molecule has 1 N–H and O–H groups in total. The lowest BCUT2D eigenvalue weighted by molar-refractivity contribution is -0.138. The molecule has 1 aliphatic rings. The zero-order valence-corrected chi connectivity index (χ0v) is 11.5. The fourth-order valence-corrected chi connectivity index (χ4v) is 2.35. The summed E-state index contributed by atoms with van der Waals surface area (Å²) in [5, 5.41) is 6.95. The fourth-order valence-electron chi connectivity index (χ4n) is 2.35. The molecule has 2 aromatic rings. The van der Waals surface area contributed by atoms with Crippen LogP contribution in [0.25, 0.3) is 0 Å². The quantitative estimate of drug-likeness (QED) is 0.885. The molecule has 1 aliphatic carbocycles. The Kier molecular flexibility index (Phi) is 3.77. The number of ketones is 1. The maximum absolute atomic E-state index is 11.8. The monoisotopic (exact) mass is 284 g/mol. The van der Waals surface area contributed by atoms with Crippen LogP contribution in [0.2, 0.25) is 0 Å².